The van der Waals surface area contributed by atoms with Crippen LogP contribution in [0.2, 0.25) is 0 Å². The van der Waals surface area contributed by atoms with Crippen molar-refractivity contribution >= 4 is 38.9 Å². The zero-order valence-electron chi connectivity index (χ0n) is 14.8. The Bertz CT molecular complexity index is 960. The number of aryl methyl sites for hydroxylation is 1. The number of hydrogen-bond acceptors (Lipinski definition) is 6. The molecule has 7 heteroatoms. The first-order chi connectivity index (χ1) is 12.7. The Labute approximate surface area is 160 Å². The normalized spacial score (nSPS) is 15.0. The zero-order valence-corrected chi connectivity index (χ0v) is 16.4. The molecule has 4 rings (SSSR count). The average Bonchev–Trinajstić information content (AvgIpc) is 3.29. The molecule has 1 fully saturated rings. The maximum Gasteiger partial charge on any atom is 0.275 e. The number of benzene rings is 1. The van der Waals surface area contributed by atoms with Gasteiger partial charge in [0.25, 0.3) is 5.56 Å². The van der Waals surface area contributed by atoms with Crippen LogP contribution in [-0.2, 0) is 12.2 Å². The lowest BCUT2D eigenvalue weighted by atomic mass is 10.2. The second kappa shape index (κ2) is 7.80. The lowest BCUT2D eigenvalue weighted by Gasteiger charge is -2.09. The van der Waals surface area contributed by atoms with Crippen LogP contribution < -0.4 is 10.9 Å². The minimum atomic E-state index is -0.127. The van der Waals surface area contributed by atoms with Crippen molar-refractivity contribution in [1.29, 1.82) is 0 Å². The van der Waals surface area contributed by atoms with E-state index in [4.69, 9.17) is 0 Å². The monoisotopic (exact) mass is 386 g/mol. The summed E-state index contributed by atoms with van der Waals surface area (Å²) in [6, 6.07) is 9.99. The molecule has 1 saturated carbocycles. The second-order valence-electron chi connectivity index (χ2n) is 6.58. The summed E-state index contributed by atoms with van der Waals surface area (Å²) in [4.78, 5) is 17.2. The summed E-state index contributed by atoms with van der Waals surface area (Å²) in [6.07, 6.45) is 6.22. The molecule has 0 spiro atoms. The molecule has 0 amide bonds. The lowest BCUT2D eigenvalue weighted by Crippen LogP contribution is -2.15. The van der Waals surface area contributed by atoms with Gasteiger partial charge in [0.2, 0.25) is 10.1 Å². The molecule has 0 radical (unpaired) electrons. The summed E-state index contributed by atoms with van der Waals surface area (Å²) in [5.74, 6) is 1.04. The number of hydrogen-bond donors (Lipinski definition) is 1. The van der Waals surface area contributed by atoms with Crippen molar-refractivity contribution in [2.24, 2.45) is 0 Å². The zero-order chi connectivity index (χ0) is 17.9. The Hall–Kier alpha value is -1.86. The predicted molar refractivity (Wildman–Crippen MR) is 110 cm³/mol. The largest absolute Gasteiger partial charge is 0.330 e. The highest BCUT2D eigenvalue weighted by Gasteiger charge is 2.15. The van der Waals surface area contributed by atoms with Crippen molar-refractivity contribution < 1.29 is 0 Å². The Morgan fingerprint density at radius 2 is 2.15 bits per heavy atom. The van der Waals surface area contributed by atoms with Gasteiger partial charge in [0.1, 0.15) is 0 Å². The van der Waals surface area contributed by atoms with E-state index in [1.807, 2.05) is 13.0 Å². The van der Waals surface area contributed by atoms with Crippen LogP contribution in [0.15, 0.2) is 35.1 Å². The third-order valence-corrected chi connectivity index (χ3v) is 6.89. The van der Waals surface area contributed by atoms with E-state index in [-0.39, 0.29) is 5.56 Å². The summed E-state index contributed by atoms with van der Waals surface area (Å²) < 4.78 is 1.37. The van der Waals surface area contributed by atoms with Crippen LogP contribution in [-0.4, -0.2) is 19.8 Å². The highest BCUT2D eigenvalue weighted by Crippen LogP contribution is 2.32. The van der Waals surface area contributed by atoms with E-state index in [2.05, 4.69) is 45.4 Å². The fourth-order valence-corrected chi connectivity index (χ4v) is 5.34. The van der Waals surface area contributed by atoms with Crippen molar-refractivity contribution in [3.8, 4) is 0 Å². The van der Waals surface area contributed by atoms with E-state index in [1.165, 1.54) is 47.1 Å². The standard InChI is InChI=1S/C19H22N4OS2/c1-2-14-11-17(24)23-19(21-14)26-18(22-23)20-15-7-5-6-13(10-15)12-25-16-8-3-4-9-16/h5-7,10-11,16H,2-4,8-9,12H2,1H3,(H,20,22). The number of rotatable bonds is 6. The molecule has 3 aromatic rings. The van der Waals surface area contributed by atoms with Gasteiger partial charge in [0, 0.05) is 28.5 Å². The lowest BCUT2D eigenvalue weighted by molar-refractivity contribution is 0.879. The first-order valence-corrected chi connectivity index (χ1v) is 10.9. The van der Waals surface area contributed by atoms with Crippen LogP contribution in [0, 0.1) is 0 Å². The predicted octanol–water partition coefficient (Wildman–Crippen LogP) is 4.63. The molecule has 2 aromatic heterocycles. The van der Waals surface area contributed by atoms with E-state index in [9.17, 15) is 4.79 Å². The van der Waals surface area contributed by atoms with Gasteiger partial charge in [-0.3, -0.25) is 4.79 Å². The van der Waals surface area contributed by atoms with E-state index in [0.29, 0.717) is 10.1 Å². The molecule has 1 aliphatic carbocycles. The van der Waals surface area contributed by atoms with Crippen molar-refractivity contribution in [3.05, 3.63) is 51.9 Å². The third-order valence-electron chi connectivity index (χ3n) is 4.63. The van der Waals surface area contributed by atoms with Crippen molar-refractivity contribution in [2.75, 3.05) is 5.32 Å². The van der Waals surface area contributed by atoms with E-state index >= 15 is 0 Å². The summed E-state index contributed by atoms with van der Waals surface area (Å²) in [5, 5.41) is 9.19. The minimum Gasteiger partial charge on any atom is -0.330 e. The van der Waals surface area contributed by atoms with Crippen molar-refractivity contribution in [2.45, 2.75) is 50.0 Å². The Morgan fingerprint density at radius 3 is 2.96 bits per heavy atom. The quantitative estimate of drug-likeness (QED) is 0.669. The Balaban J connectivity index is 1.49. The van der Waals surface area contributed by atoms with E-state index in [0.717, 1.165) is 28.8 Å². The maximum atomic E-state index is 12.1. The van der Waals surface area contributed by atoms with Gasteiger partial charge in [-0.2, -0.15) is 16.3 Å². The Kier molecular flexibility index (Phi) is 5.26. The van der Waals surface area contributed by atoms with Gasteiger partial charge in [-0.15, -0.1) is 5.10 Å². The van der Waals surface area contributed by atoms with Crippen molar-refractivity contribution in [1.82, 2.24) is 14.6 Å². The van der Waals surface area contributed by atoms with Crippen LogP contribution in [0.1, 0.15) is 43.9 Å². The van der Waals surface area contributed by atoms with Gasteiger partial charge in [-0.05, 0) is 37.0 Å². The topological polar surface area (TPSA) is 59.3 Å². The van der Waals surface area contributed by atoms with Crippen LogP contribution in [0.5, 0.6) is 0 Å². The molecule has 1 aliphatic rings. The van der Waals surface area contributed by atoms with Crippen molar-refractivity contribution in [3.63, 3.8) is 0 Å². The van der Waals surface area contributed by atoms with Gasteiger partial charge >= 0.3 is 0 Å². The maximum absolute atomic E-state index is 12.1. The van der Waals surface area contributed by atoms with Crippen LogP contribution in [0.3, 0.4) is 0 Å². The molecular weight excluding hydrogens is 364 g/mol. The molecular formula is C19H22N4OS2. The highest BCUT2D eigenvalue weighted by atomic mass is 32.2. The van der Waals surface area contributed by atoms with Crippen LogP contribution in [0.25, 0.3) is 4.96 Å². The first kappa shape index (κ1) is 17.5. The van der Waals surface area contributed by atoms with E-state index < -0.39 is 0 Å². The van der Waals surface area contributed by atoms with Gasteiger partial charge < -0.3 is 5.32 Å². The highest BCUT2D eigenvalue weighted by molar-refractivity contribution is 7.99. The molecule has 0 atom stereocenters. The summed E-state index contributed by atoms with van der Waals surface area (Å²) in [6.45, 7) is 1.99. The smallest absolute Gasteiger partial charge is 0.275 e. The number of nitrogens with zero attached hydrogens (tertiary/aromatic N) is 3. The molecule has 0 aliphatic heterocycles. The van der Waals surface area contributed by atoms with E-state index in [1.54, 1.807) is 6.07 Å². The van der Waals surface area contributed by atoms with Crippen LogP contribution in [0.4, 0.5) is 10.8 Å². The minimum absolute atomic E-state index is 0.127. The molecule has 0 saturated heterocycles. The van der Waals surface area contributed by atoms with Gasteiger partial charge in [-0.1, -0.05) is 43.2 Å². The molecule has 1 aromatic carbocycles. The number of nitrogens with one attached hydrogen (secondary N) is 1. The van der Waals surface area contributed by atoms with Gasteiger partial charge in [0.15, 0.2) is 0 Å². The molecule has 1 N–H and O–H groups in total. The molecule has 2 heterocycles. The molecule has 5 nitrogen and oxygen atoms in total. The third kappa shape index (κ3) is 3.94. The molecule has 0 unspecified atom stereocenters. The number of fused-ring (bicyclic) bond motifs is 1. The summed E-state index contributed by atoms with van der Waals surface area (Å²) in [5.41, 5.74) is 2.99. The number of aromatic nitrogens is 3. The number of thioether (sulfide) groups is 1. The fourth-order valence-electron chi connectivity index (χ4n) is 3.22. The fraction of sp³-hybridized carbons (Fsp3) is 0.421. The SMILES string of the molecule is CCc1cc(=O)n2nc(Nc3cccc(CSC4CCCC4)c3)sc2n1. The summed E-state index contributed by atoms with van der Waals surface area (Å²) >= 11 is 3.47. The molecule has 136 valence electrons. The molecule has 26 heavy (non-hydrogen) atoms. The Morgan fingerprint density at radius 1 is 1.31 bits per heavy atom. The van der Waals surface area contributed by atoms with Gasteiger partial charge in [0.05, 0.1) is 0 Å². The summed E-state index contributed by atoms with van der Waals surface area (Å²) in [7, 11) is 0. The van der Waals surface area contributed by atoms with Crippen LogP contribution >= 0.6 is 23.1 Å². The average molecular weight is 387 g/mol. The van der Waals surface area contributed by atoms with Gasteiger partial charge in [-0.25, -0.2) is 4.98 Å². The number of anilines is 2. The molecule has 0 bridgehead atoms. The second-order valence-corrected chi connectivity index (χ2v) is 8.83. The first-order valence-electron chi connectivity index (χ1n) is 9.08.